The molecule has 10 heteroatoms. The van der Waals surface area contributed by atoms with Crippen LogP contribution in [-0.4, -0.2) is 36.1 Å². The third-order valence-corrected chi connectivity index (χ3v) is 5.85. The molecule has 3 rings (SSSR count). The molecule has 9 nitrogen and oxygen atoms in total. The molecule has 0 aliphatic rings. The minimum atomic E-state index is -3.98. The highest BCUT2D eigenvalue weighted by Gasteiger charge is 2.28. The van der Waals surface area contributed by atoms with Crippen LogP contribution in [0, 0.1) is 6.92 Å². The number of furan rings is 1. The Kier molecular flexibility index (Phi) is 6.15. The molecular weight excluding hydrogens is 396 g/mol. The molecule has 0 spiro atoms. The Morgan fingerprint density at radius 3 is 2.45 bits per heavy atom. The molecule has 0 aliphatic carbocycles. The number of aromatic nitrogens is 1. The van der Waals surface area contributed by atoms with Crippen molar-refractivity contribution in [1.82, 2.24) is 20.1 Å². The highest BCUT2D eigenvalue weighted by molar-refractivity contribution is 7.89. The number of benzene rings is 1. The number of carbonyl (C=O) groups is 2. The average Bonchev–Trinajstić information content (AvgIpc) is 3.40. The normalized spacial score (nSPS) is 11.4. The quantitative estimate of drug-likeness (QED) is 0.504. The number of aryl methyl sites for hydroxylation is 1. The van der Waals surface area contributed by atoms with Crippen molar-refractivity contribution in [1.29, 1.82) is 0 Å². The van der Waals surface area contributed by atoms with Crippen molar-refractivity contribution in [2.45, 2.75) is 18.4 Å². The molecule has 0 radical (unpaired) electrons. The number of amides is 2. The van der Waals surface area contributed by atoms with Crippen LogP contribution in [0.15, 0.2) is 70.3 Å². The number of carbonyl (C=O) groups excluding carboxylic acids is 2. The molecule has 3 aromatic rings. The Morgan fingerprint density at radius 1 is 1.07 bits per heavy atom. The molecule has 0 atom stereocenters. The number of aromatic amines is 1. The average molecular weight is 416 g/mol. The predicted octanol–water partition coefficient (Wildman–Crippen LogP) is 1.57. The summed E-state index contributed by atoms with van der Waals surface area (Å²) >= 11 is 0. The lowest BCUT2D eigenvalue weighted by Gasteiger charge is -2.21. The second-order valence-corrected chi connectivity index (χ2v) is 8.19. The lowest BCUT2D eigenvalue weighted by molar-refractivity contribution is -0.122. The first-order valence-electron chi connectivity index (χ1n) is 8.68. The van der Waals surface area contributed by atoms with E-state index in [2.05, 4.69) is 15.8 Å². The Labute approximate surface area is 167 Å². The van der Waals surface area contributed by atoms with Gasteiger partial charge in [-0.2, -0.15) is 4.31 Å². The first kappa shape index (κ1) is 20.4. The summed E-state index contributed by atoms with van der Waals surface area (Å²) in [6, 6.07) is 12.7. The highest BCUT2D eigenvalue weighted by Crippen LogP contribution is 2.19. The molecule has 2 aromatic heterocycles. The molecule has 0 saturated heterocycles. The maximum atomic E-state index is 13.0. The van der Waals surface area contributed by atoms with E-state index in [9.17, 15) is 18.0 Å². The SMILES string of the molecule is Cc1ccc(S(=O)(=O)N(CC(=O)NNC(=O)c2ccc[nH]2)Cc2ccco2)cc1. The van der Waals surface area contributed by atoms with E-state index in [1.165, 1.54) is 24.5 Å². The topological polar surface area (TPSA) is 125 Å². The summed E-state index contributed by atoms with van der Waals surface area (Å²) in [7, 11) is -3.98. The number of hydrogen-bond donors (Lipinski definition) is 3. The Morgan fingerprint density at radius 2 is 1.83 bits per heavy atom. The van der Waals surface area contributed by atoms with Gasteiger partial charge in [-0.25, -0.2) is 8.42 Å². The van der Waals surface area contributed by atoms with Crippen LogP contribution in [0.3, 0.4) is 0 Å². The van der Waals surface area contributed by atoms with Gasteiger partial charge in [0.15, 0.2) is 0 Å². The number of hydrazine groups is 1. The lowest BCUT2D eigenvalue weighted by atomic mass is 10.2. The van der Waals surface area contributed by atoms with Gasteiger partial charge in [0.05, 0.1) is 24.2 Å². The number of H-pyrrole nitrogens is 1. The molecule has 0 saturated carbocycles. The minimum Gasteiger partial charge on any atom is -0.468 e. The van der Waals surface area contributed by atoms with E-state index in [0.29, 0.717) is 5.76 Å². The number of nitrogens with one attached hydrogen (secondary N) is 3. The van der Waals surface area contributed by atoms with E-state index < -0.39 is 28.4 Å². The molecule has 2 heterocycles. The first-order chi connectivity index (χ1) is 13.9. The molecule has 0 bridgehead atoms. The third-order valence-electron chi connectivity index (χ3n) is 4.05. The number of nitrogens with zero attached hydrogens (tertiary/aromatic N) is 1. The highest BCUT2D eigenvalue weighted by atomic mass is 32.2. The van der Waals surface area contributed by atoms with Gasteiger partial charge < -0.3 is 9.40 Å². The summed E-state index contributed by atoms with van der Waals surface area (Å²) in [5.74, 6) is -0.876. The summed E-state index contributed by atoms with van der Waals surface area (Å²) in [6.45, 7) is 1.19. The van der Waals surface area contributed by atoms with Crippen molar-refractivity contribution >= 4 is 21.8 Å². The van der Waals surface area contributed by atoms with Gasteiger partial charge in [0.2, 0.25) is 10.0 Å². The summed E-state index contributed by atoms with van der Waals surface area (Å²) in [4.78, 5) is 27.0. The molecule has 1 aromatic carbocycles. The molecular formula is C19H20N4O5S. The Balaban J connectivity index is 1.73. The van der Waals surface area contributed by atoms with Gasteiger partial charge in [0.1, 0.15) is 11.5 Å². The number of rotatable bonds is 7. The summed E-state index contributed by atoms with van der Waals surface area (Å²) in [6.07, 6.45) is 2.98. The third kappa shape index (κ3) is 5.12. The van der Waals surface area contributed by atoms with Crippen LogP contribution >= 0.6 is 0 Å². The fraction of sp³-hybridized carbons (Fsp3) is 0.158. The van der Waals surface area contributed by atoms with Crippen LogP contribution in [0.1, 0.15) is 21.8 Å². The van der Waals surface area contributed by atoms with E-state index in [-0.39, 0.29) is 17.1 Å². The van der Waals surface area contributed by atoms with Gasteiger partial charge in [-0.05, 0) is 43.3 Å². The van der Waals surface area contributed by atoms with Crippen LogP contribution in [0.2, 0.25) is 0 Å². The monoisotopic (exact) mass is 416 g/mol. The zero-order chi connectivity index (χ0) is 20.9. The van der Waals surface area contributed by atoms with Crippen molar-refractivity contribution in [2.24, 2.45) is 0 Å². The zero-order valence-corrected chi connectivity index (χ0v) is 16.4. The van der Waals surface area contributed by atoms with Crippen molar-refractivity contribution in [2.75, 3.05) is 6.54 Å². The fourth-order valence-electron chi connectivity index (χ4n) is 2.53. The van der Waals surface area contributed by atoms with Gasteiger partial charge in [-0.3, -0.25) is 20.4 Å². The van der Waals surface area contributed by atoms with Gasteiger partial charge in [-0.15, -0.1) is 0 Å². The molecule has 152 valence electrons. The number of hydrogen-bond acceptors (Lipinski definition) is 5. The maximum absolute atomic E-state index is 13.0. The van der Waals surface area contributed by atoms with Crippen LogP contribution in [0.4, 0.5) is 0 Å². The lowest BCUT2D eigenvalue weighted by Crippen LogP contribution is -2.47. The summed E-state index contributed by atoms with van der Waals surface area (Å²) in [5.41, 5.74) is 5.61. The van der Waals surface area contributed by atoms with E-state index in [1.807, 2.05) is 6.92 Å². The summed E-state index contributed by atoms with van der Waals surface area (Å²) < 4.78 is 32.3. The molecule has 3 N–H and O–H groups in total. The fourth-order valence-corrected chi connectivity index (χ4v) is 3.89. The second-order valence-electron chi connectivity index (χ2n) is 6.25. The van der Waals surface area contributed by atoms with Gasteiger partial charge >= 0.3 is 0 Å². The predicted molar refractivity (Wildman–Crippen MR) is 104 cm³/mol. The van der Waals surface area contributed by atoms with Gasteiger partial charge in [0.25, 0.3) is 11.8 Å². The van der Waals surface area contributed by atoms with Crippen molar-refractivity contribution in [3.05, 3.63) is 78.0 Å². The minimum absolute atomic E-state index is 0.0536. The van der Waals surface area contributed by atoms with E-state index in [1.54, 1.807) is 36.5 Å². The van der Waals surface area contributed by atoms with E-state index in [4.69, 9.17) is 4.42 Å². The molecule has 0 fully saturated rings. The van der Waals surface area contributed by atoms with Crippen LogP contribution < -0.4 is 10.9 Å². The molecule has 0 unspecified atom stereocenters. The second kappa shape index (κ2) is 8.76. The Bertz CT molecular complexity index is 1060. The molecule has 2 amide bonds. The standard InChI is InChI=1S/C19H20N4O5S/c1-14-6-8-16(9-7-14)29(26,27)23(12-15-4-3-11-28-15)13-18(24)21-22-19(25)17-5-2-10-20-17/h2-11,20H,12-13H2,1H3,(H,21,24)(H,22,25). The summed E-state index contributed by atoms with van der Waals surface area (Å²) in [5, 5.41) is 0. The van der Waals surface area contributed by atoms with Crippen LogP contribution in [-0.2, 0) is 21.4 Å². The number of sulfonamides is 1. The largest absolute Gasteiger partial charge is 0.468 e. The van der Waals surface area contributed by atoms with Crippen LogP contribution in [0.25, 0.3) is 0 Å². The smallest absolute Gasteiger partial charge is 0.286 e. The molecule has 29 heavy (non-hydrogen) atoms. The first-order valence-corrected chi connectivity index (χ1v) is 10.1. The molecule has 0 aliphatic heterocycles. The van der Waals surface area contributed by atoms with Crippen molar-refractivity contribution in [3.63, 3.8) is 0 Å². The van der Waals surface area contributed by atoms with Gasteiger partial charge in [0, 0.05) is 6.20 Å². The zero-order valence-electron chi connectivity index (χ0n) is 15.6. The van der Waals surface area contributed by atoms with Crippen molar-refractivity contribution < 1.29 is 22.4 Å². The van der Waals surface area contributed by atoms with Crippen LogP contribution in [0.5, 0.6) is 0 Å². The van der Waals surface area contributed by atoms with Crippen molar-refractivity contribution in [3.8, 4) is 0 Å². The Hall–Kier alpha value is -3.37. The van der Waals surface area contributed by atoms with E-state index >= 15 is 0 Å². The maximum Gasteiger partial charge on any atom is 0.286 e. The van der Waals surface area contributed by atoms with Gasteiger partial charge in [-0.1, -0.05) is 17.7 Å². The van der Waals surface area contributed by atoms with E-state index in [0.717, 1.165) is 9.87 Å².